The zero-order valence-corrected chi connectivity index (χ0v) is 11.5. The number of aryl methyl sites for hydroxylation is 1. The number of nitrogens with zero attached hydrogens (tertiary/aromatic N) is 2. The number of rotatable bonds is 2. The summed E-state index contributed by atoms with van der Waals surface area (Å²) in [4.78, 5) is 19.0. The van der Waals surface area contributed by atoms with Crippen molar-refractivity contribution in [2.75, 3.05) is 13.2 Å². The zero-order valence-electron chi connectivity index (χ0n) is 11.5. The molecule has 1 aliphatic heterocycles. The molecule has 1 aliphatic rings. The second kappa shape index (κ2) is 5.21. The van der Waals surface area contributed by atoms with E-state index in [-0.39, 0.29) is 18.6 Å². The molecular formula is C16H18N2O2. The number of aromatic nitrogens is 1. The Morgan fingerprint density at radius 1 is 1.40 bits per heavy atom. The number of hydrogen-bond acceptors (Lipinski definition) is 3. The van der Waals surface area contributed by atoms with Crippen molar-refractivity contribution in [3.05, 3.63) is 41.6 Å². The zero-order chi connectivity index (χ0) is 14.1. The minimum atomic E-state index is -0.0532. The van der Waals surface area contributed by atoms with Crippen LogP contribution < -0.4 is 0 Å². The van der Waals surface area contributed by atoms with E-state index in [2.05, 4.69) is 4.98 Å². The van der Waals surface area contributed by atoms with Crippen molar-refractivity contribution in [2.24, 2.45) is 0 Å². The topological polar surface area (TPSA) is 53.4 Å². The molecular weight excluding hydrogens is 252 g/mol. The third kappa shape index (κ3) is 2.16. The third-order valence-electron chi connectivity index (χ3n) is 3.94. The molecule has 1 unspecified atom stereocenters. The number of aliphatic hydroxyl groups is 1. The number of likely N-dealkylation sites (tertiary alicyclic amines) is 1. The fraction of sp³-hybridized carbons (Fsp3) is 0.375. The van der Waals surface area contributed by atoms with Gasteiger partial charge in [-0.25, -0.2) is 0 Å². The van der Waals surface area contributed by atoms with E-state index in [0.717, 1.165) is 29.4 Å². The second-order valence-corrected chi connectivity index (χ2v) is 5.31. The normalized spacial score (nSPS) is 18.7. The van der Waals surface area contributed by atoms with Crippen LogP contribution >= 0.6 is 0 Å². The molecule has 0 radical (unpaired) electrons. The first-order chi connectivity index (χ1) is 9.70. The van der Waals surface area contributed by atoms with Gasteiger partial charge in [0.05, 0.1) is 23.7 Å². The van der Waals surface area contributed by atoms with Gasteiger partial charge in [-0.1, -0.05) is 18.2 Å². The summed E-state index contributed by atoms with van der Waals surface area (Å²) in [5, 5.41) is 10.4. The van der Waals surface area contributed by atoms with Crippen LogP contribution in [0.3, 0.4) is 0 Å². The molecule has 104 valence electrons. The number of para-hydroxylation sites is 1. The molecule has 1 atom stereocenters. The Hall–Kier alpha value is -1.94. The lowest BCUT2D eigenvalue weighted by Crippen LogP contribution is -2.37. The third-order valence-corrected chi connectivity index (χ3v) is 3.94. The molecule has 1 aromatic heterocycles. The predicted octanol–water partition coefficient (Wildman–Crippen LogP) is 2.14. The van der Waals surface area contributed by atoms with E-state index < -0.39 is 0 Å². The van der Waals surface area contributed by atoms with Crippen LogP contribution in [0.2, 0.25) is 0 Å². The Kier molecular flexibility index (Phi) is 3.40. The lowest BCUT2D eigenvalue weighted by molar-refractivity contribution is 0.0679. The highest BCUT2D eigenvalue weighted by atomic mass is 16.3. The number of hydrogen-bond donors (Lipinski definition) is 1. The van der Waals surface area contributed by atoms with Gasteiger partial charge in [0.1, 0.15) is 0 Å². The molecule has 0 bridgehead atoms. The number of fused-ring (bicyclic) bond motifs is 1. The molecule has 4 heteroatoms. The molecule has 3 rings (SSSR count). The molecule has 1 saturated heterocycles. The molecule has 2 heterocycles. The van der Waals surface area contributed by atoms with Gasteiger partial charge in [0.25, 0.3) is 5.91 Å². The summed E-state index contributed by atoms with van der Waals surface area (Å²) in [6, 6.07) is 9.56. The maximum absolute atomic E-state index is 12.7. The monoisotopic (exact) mass is 270 g/mol. The maximum atomic E-state index is 12.7. The number of aliphatic hydroxyl groups excluding tert-OH is 1. The van der Waals surface area contributed by atoms with Crippen LogP contribution in [0.1, 0.15) is 28.9 Å². The van der Waals surface area contributed by atoms with Crippen LogP contribution in [0.4, 0.5) is 0 Å². The average molecular weight is 270 g/mol. The van der Waals surface area contributed by atoms with Gasteiger partial charge in [-0.2, -0.15) is 0 Å². The average Bonchev–Trinajstić information content (AvgIpc) is 2.94. The van der Waals surface area contributed by atoms with Crippen molar-refractivity contribution in [3.63, 3.8) is 0 Å². The van der Waals surface area contributed by atoms with Gasteiger partial charge >= 0.3 is 0 Å². The van der Waals surface area contributed by atoms with Gasteiger partial charge in [-0.05, 0) is 31.9 Å². The van der Waals surface area contributed by atoms with Gasteiger partial charge in [0.2, 0.25) is 0 Å². The van der Waals surface area contributed by atoms with E-state index >= 15 is 0 Å². The van der Waals surface area contributed by atoms with Gasteiger partial charge in [-0.3, -0.25) is 9.78 Å². The quantitative estimate of drug-likeness (QED) is 0.909. The second-order valence-electron chi connectivity index (χ2n) is 5.31. The van der Waals surface area contributed by atoms with Crippen LogP contribution in [0, 0.1) is 6.92 Å². The molecule has 0 aliphatic carbocycles. The number of benzene rings is 1. The highest BCUT2D eigenvalue weighted by Crippen LogP contribution is 2.23. The van der Waals surface area contributed by atoms with Crippen molar-refractivity contribution >= 4 is 16.8 Å². The van der Waals surface area contributed by atoms with E-state index in [1.54, 1.807) is 4.90 Å². The largest absolute Gasteiger partial charge is 0.394 e. The Bertz CT molecular complexity index is 654. The minimum Gasteiger partial charge on any atom is -0.394 e. The first-order valence-electron chi connectivity index (χ1n) is 6.99. The maximum Gasteiger partial charge on any atom is 0.256 e. The SMILES string of the molecule is Cc1ccc2cccc(C(=O)N3CCCC3CO)c2n1. The Morgan fingerprint density at radius 3 is 3.05 bits per heavy atom. The summed E-state index contributed by atoms with van der Waals surface area (Å²) in [6.45, 7) is 2.67. The molecule has 1 N–H and O–H groups in total. The lowest BCUT2D eigenvalue weighted by atomic mass is 10.1. The molecule has 0 spiro atoms. The first kappa shape index (κ1) is 13.1. The van der Waals surface area contributed by atoms with Crippen LogP contribution in [0.15, 0.2) is 30.3 Å². The van der Waals surface area contributed by atoms with E-state index in [9.17, 15) is 9.90 Å². The molecule has 20 heavy (non-hydrogen) atoms. The highest BCUT2D eigenvalue weighted by Gasteiger charge is 2.29. The summed E-state index contributed by atoms with van der Waals surface area (Å²) in [7, 11) is 0. The van der Waals surface area contributed by atoms with Gasteiger partial charge in [0.15, 0.2) is 0 Å². The van der Waals surface area contributed by atoms with Crippen molar-refractivity contribution < 1.29 is 9.90 Å². The van der Waals surface area contributed by atoms with Crippen molar-refractivity contribution in [2.45, 2.75) is 25.8 Å². The summed E-state index contributed by atoms with van der Waals surface area (Å²) < 4.78 is 0. The summed E-state index contributed by atoms with van der Waals surface area (Å²) in [5.41, 5.74) is 2.28. The minimum absolute atomic E-state index is 0.0229. The number of carbonyl (C=O) groups excluding carboxylic acids is 1. The number of carbonyl (C=O) groups is 1. The molecule has 1 fully saturated rings. The van der Waals surface area contributed by atoms with Gasteiger partial charge in [-0.15, -0.1) is 0 Å². The van der Waals surface area contributed by atoms with E-state index in [4.69, 9.17) is 0 Å². The standard InChI is InChI=1S/C16H18N2O2/c1-11-7-8-12-4-2-6-14(15(12)17-11)16(20)18-9-3-5-13(18)10-19/h2,4,6-8,13,19H,3,5,9-10H2,1H3. The fourth-order valence-corrected chi connectivity index (χ4v) is 2.86. The Morgan fingerprint density at radius 2 is 2.25 bits per heavy atom. The van der Waals surface area contributed by atoms with Crippen LogP contribution in [-0.2, 0) is 0 Å². The molecule has 4 nitrogen and oxygen atoms in total. The van der Waals surface area contributed by atoms with E-state index in [0.29, 0.717) is 12.1 Å². The number of amides is 1. The first-order valence-corrected chi connectivity index (χ1v) is 6.99. The summed E-state index contributed by atoms with van der Waals surface area (Å²) in [6.07, 6.45) is 1.83. The highest BCUT2D eigenvalue weighted by molar-refractivity contribution is 6.05. The summed E-state index contributed by atoms with van der Waals surface area (Å²) >= 11 is 0. The van der Waals surface area contributed by atoms with Gasteiger partial charge < -0.3 is 10.0 Å². The summed E-state index contributed by atoms with van der Waals surface area (Å²) in [5.74, 6) is -0.0229. The van der Waals surface area contributed by atoms with Gasteiger partial charge in [0, 0.05) is 17.6 Å². The van der Waals surface area contributed by atoms with Crippen LogP contribution in [-0.4, -0.2) is 40.1 Å². The Balaban J connectivity index is 2.05. The molecule has 2 aromatic rings. The van der Waals surface area contributed by atoms with Crippen LogP contribution in [0.25, 0.3) is 10.9 Å². The molecule has 0 saturated carbocycles. The fourth-order valence-electron chi connectivity index (χ4n) is 2.86. The van der Waals surface area contributed by atoms with Crippen LogP contribution in [0.5, 0.6) is 0 Å². The molecule has 1 amide bonds. The van der Waals surface area contributed by atoms with Crippen molar-refractivity contribution in [1.82, 2.24) is 9.88 Å². The van der Waals surface area contributed by atoms with E-state index in [1.807, 2.05) is 37.3 Å². The molecule has 1 aromatic carbocycles. The number of pyridine rings is 1. The lowest BCUT2D eigenvalue weighted by Gasteiger charge is -2.23. The Labute approximate surface area is 118 Å². The smallest absolute Gasteiger partial charge is 0.256 e. The van der Waals surface area contributed by atoms with Crippen molar-refractivity contribution in [1.29, 1.82) is 0 Å². The van der Waals surface area contributed by atoms with Crippen molar-refractivity contribution in [3.8, 4) is 0 Å². The van der Waals surface area contributed by atoms with E-state index in [1.165, 1.54) is 0 Å². The predicted molar refractivity (Wildman–Crippen MR) is 77.6 cm³/mol.